The molecular weight excluding hydrogens is 423 g/mol. The van der Waals surface area contributed by atoms with Gasteiger partial charge in [0.2, 0.25) is 5.89 Å². The van der Waals surface area contributed by atoms with Crippen molar-refractivity contribution in [2.45, 2.75) is 17.4 Å². The summed E-state index contributed by atoms with van der Waals surface area (Å²) in [5, 5.41) is 8.81. The molecular formula is C17H15IN2O2S. The van der Waals surface area contributed by atoms with E-state index in [1.165, 1.54) is 9.13 Å². The SMILES string of the molecule is COc1ccc(Cc2nnc(SCc3ccc(I)cc3)o2)cc1. The van der Waals surface area contributed by atoms with E-state index in [1.807, 2.05) is 24.3 Å². The first-order valence-corrected chi connectivity index (χ1v) is 9.12. The number of hydrogen-bond acceptors (Lipinski definition) is 5. The lowest BCUT2D eigenvalue weighted by molar-refractivity contribution is 0.413. The van der Waals surface area contributed by atoms with E-state index in [1.54, 1.807) is 18.9 Å². The van der Waals surface area contributed by atoms with Gasteiger partial charge in [0.25, 0.3) is 5.22 Å². The van der Waals surface area contributed by atoms with Gasteiger partial charge in [-0.2, -0.15) is 0 Å². The Morgan fingerprint density at radius 1 is 1.00 bits per heavy atom. The Bertz CT molecular complexity index is 757. The van der Waals surface area contributed by atoms with Crippen molar-refractivity contribution >= 4 is 34.4 Å². The van der Waals surface area contributed by atoms with Gasteiger partial charge in [0.15, 0.2) is 0 Å². The number of rotatable bonds is 6. The quantitative estimate of drug-likeness (QED) is 0.417. The molecule has 3 aromatic rings. The molecule has 6 heteroatoms. The zero-order valence-corrected chi connectivity index (χ0v) is 15.5. The van der Waals surface area contributed by atoms with Crippen LogP contribution in [0.5, 0.6) is 5.75 Å². The Kier molecular flexibility index (Phi) is 5.56. The lowest BCUT2D eigenvalue weighted by atomic mass is 10.1. The Morgan fingerprint density at radius 3 is 2.39 bits per heavy atom. The lowest BCUT2D eigenvalue weighted by Crippen LogP contribution is -1.89. The third-order valence-electron chi connectivity index (χ3n) is 3.24. The van der Waals surface area contributed by atoms with Gasteiger partial charge in [0, 0.05) is 9.32 Å². The van der Waals surface area contributed by atoms with Crippen LogP contribution >= 0.6 is 34.4 Å². The van der Waals surface area contributed by atoms with E-state index < -0.39 is 0 Å². The van der Waals surface area contributed by atoms with Crippen molar-refractivity contribution in [1.82, 2.24) is 10.2 Å². The van der Waals surface area contributed by atoms with Crippen LogP contribution in [0, 0.1) is 3.57 Å². The van der Waals surface area contributed by atoms with E-state index >= 15 is 0 Å². The van der Waals surface area contributed by atoms with Crippen molar-refractivity contribution in [3.05, 3.63) is 69.1 Å². The fraction of sp³-hybridized carbons (Fsp3) is 0.176. The van der Waals surface area contributed by atoms with Crippen LogP contribution in [0.25, 0.3) is 0 Å². The number of nitrogens with zero attached hydrogens (tertiary/aromatic N) is 2. The van der Waals surface area contributed by atoms with Crippen LogP contribution < -0.4 is 4.74 Å². The number of methoxy groups -OCH3 is 1. The average Bonchev–Trinajstić information content (AvgIpc) is 3.02. The summed E-state index contributed by atoms with van der Waals surface area (Å²) in [7, 11) is 1.66. The molecule has 0 aliphatic carbocycles. The predicted molar refractivity (Wildman–Crippen MR) is 98.8 cm³/mol. The monoisotopic (exact) mass is 438 g/mol. The normalized spacial score (nSPS) is 10.7. The summed E-state index contributed by atoms with van der Waals surface area (Å²) in [6, 6.07) is 16.3. The minimum Gasteiger partial charge on any atom is -0.497 e. The number of halogens is 1. The summed E-state index contributed by atoms with van der Waals surface area (Å²) in [5.74, 6) is 2.29. The average molecular weight is 438 g/mol. The Hall–Kier alpha value is -1.54. The molecule has 0 fully saturated rings. The first-order chi connectivity index (χ1) is 11.2. The van der Waals surface area contributed by atoms with Gasteiger partial charge in [-0.1, -0.05) is 36.0 Å². The molecule has 4 nitrogen and oxygen atoms in total. The maximum atomic E-state index is 5.70. The summed E-state index contributed by atoms with van der Waals surface area (Å²) in [6.45, 7) is 0. The molecule has 0 bridgehead atoms. The summed E-state index contributed by atoms with van der Waals surface area (Å²) in [6.07, 6.45) is 0.626. The zero-order valence-electron chi connectivity index (χ0n) is 12.5. The van der Waals surface area contributed by atoms with Crippen LogP contribution in [0.15, 0.2) is 58.2 Å². The van der Waals surface area contributed by atoms with Crippen LogP contribution in [0.4, 0.5) is 0 Å². The fourth-order valence-corrected chi connectivity index (χ4v) is 3.11. The van der Waals surface area contributed by atoms with Gasteiger partial charge in [0.1, 0.15) is 5.75 Å². The van der Waals surface area contributed by atoms with Crippen molar-refractivity contribution < 1.29 is 9.15 Å². The van der Waals surface area contributed by atoms with Crippen molar-refractivity contribution in [2.75, 3.05) is 7.11 Å². The summed E-state index contributed by atoms with van der Waals surface area (Å²) in [4.78, 5) is 0. The van der Waals surface area contributed by atoms with Crippen LogP contribution in [-0.4, -0.2) is 17.3 Å². The standard InChI is InChI=1S/C17H15IN2O2S/c1-21-15-8-4-12(5-9-15)10-16-19-20-17(22-16)23-11-13-2-6-14(18)7-3-13/h2-9H,10-11H2,1H3. The molecule has 0 amide bonds. The maximum absolute atomic E-state index is 5.70. The molecule has 23 heavy (non-hydrogen) atoms. The number of ether oxygens (including phenoxy) is 1. The van der Waals surface area contributed by atoms with E-state index in [0.29, 0.717) is 17.5 Å². The minimum absolute atomic E-state index is 0.604. The van der Waals surface area contributed by atoms with Crippen LogP contribution in [0.2, 0.25) is 0 Å². The summed E-state index contributed by atoms with van der Waals surface area (Å²) >= 11 is 3.85. The van der Waals surface area contributed by atoms with Gasteiger partial charge in [0.05, 0.1) is 13.5 Å². The van der Waals surface area contributed by atoms with E-state index in [2.05, 4.69) is 57.1 Å². The molecule has 118 valence electrons. The molecule has 0 spiro atoms. The second kappa shape index (κ2) is 7.83. The number of benzene rings is 2. The zero-order chi connectivity index (χ0) is 16.1. The molecule has 0 aliphatic rings. The first kappa shape index (κ1) is 16.3. The highest BCUT2D eigenvalue weighted by Gasteiger charge is 2.08. The molecule has 1 aromatic heterocycles. The molecule has 1 heterocycles. The topological polar surface area (TPSA) is 48.2 Å². The molecule has 0 atom stereocenters. The molecule has 2 aromatic carbocycles. The number of hydrogen-bond donors (Lipinski definition) is 0. The van der Waals surface area contributed by atoms with Crippen LogP contribution in [-0.2, 0) is 12.2 Å². The largest absolute Gasteiger partial charge is 0.497 e. The van der Waals surface area contributed by atoms with Gasteiger partial charge in [-0.3, -0.25) is 0 Å². The fourth-order valence-electron chi connectivity index (χ4n) is 2.01. The van der Waals surface area contributed by atoms with Gasteiger partial charge in [-0.15, -0.1) is 10.2 Å². The molecule has 0 aliphatic heterocycles. The predicted octanol–water partition coefficient (Wildman–Crippen LogP) is 4.57. The number of aromatic nitrogens is 2. The second-order valence-corrected chi connectivity index (χ2v) is 7.07. The smallest absolute Gasteiger partial charge is 0.276 e. The van der Waals surface area contributed by atoms with Gasteiger partial charge in [-0.05, 0) is 58.0 Å². The summed E-state index contributed by atoms with van der Waals surface area (Å²) in [5.41, 5.74) is 2.36. The molecule has 0 unspecified atom stereocenters. The molecule has 0 radical (unpaired) electrons. The van der Waals surface area contributed by atoms with Crippen molar-refractivity contribution in [3.8, 4) is 5.75 Å². The minimum atomic E-state index is 0.604. The van der Waals surface area contributed by atoms with Crippen LogP contribution in [0.1, 0.15) is 17.0 Å². The van der Waals surface area contributed by atoms with E-state index in [4.69, 9.17) is 9.15 Å². The number of thioether (sulfide) groups is 1. The highest BCUT2D eigenvalue weighted by atomic mass is 127. The van der Waals surface area contributed by atoms with Crippen LogP contribution in [0.3, 0.4) is 0 Å². The van der Waals surface area contributed by atoms with Gasteiger partial charge >= 0.3 is 0 Å². The molecule has 0 saturated carbocycles. The molecule has 0 saturated heterocycles. The van der Waals surface area contributed by atoms with Gasteiger partial charge in [-0.25, -0.2) is 0 Å². The highest BCUT2D eigenvalue weighted by Crippen LogP contribution is 2.23. The van der Waals surface area contributed by atoms with Crippen molar-refractivity contribution in [2.24, 2.45) is 0 Å². The Labute approximate surface area is 152 Å². The Morgan fingerprint density at radius 2 is 1.70 bits per heavy atom. The van der Waals surface area contributed by atoms with E-state index in [0.717, 1.165) is 17.1 Å². The highest BCUT2D eigenvalue weighted by molar-refractivity contribution is 14.1. The summed E-state index contributed by atoms with van der Waals surface area (Å²) < 4.78 is 12.1. The third kappa shape index (κ3) is 4.71. The van der Waals surface area contributed by atoms with E-state index in [9.17, 15) is 0 Å². The molecule has 0 N–H and O–H groups in total. The lowest BCUT2D eigenvalue weighted by Gasteiger charge is -2.00. The second-order valence-electron chi connectivity index (χ2n) is 4.90. The Balaban J connectivity index is 1.57. The molecule has 3 rings (SSSR count). The van der Waals surface area contributed by atoms with Crippen molar-refractivity contribution in [1.29, 1.82) is 0 Å². The first-order valence-electron chi connectivity index (χ1n) is 7.05. The third-order valence-corrected chi connectivity index (χ3v) is 4.85. The van der Waals surface area contributed by atoms with Crippen molar-refractivity contribution in [3.63, 3.8) is 0 Å². The van der Waals surface area contributed by atoms with E-state index in [-0.39, 0.29) is 0 Å². The maximum Gasteiger partial charge on any atom is 0.276 e. The van der Waals surface area contributed by atoms with Gasteiger partial charge < -0.3 is 9.15 Å².